The Hall–Kier alpha value is -2.12. The van der Waals surface area contributed by atoms with Crippen LogP contribution in [0, 0.1) is 35.0 Å². The summed E-state index contributed by atoms with van der Waals surface area (Å²) >= 11 is 0. The highest BCUT2D eigenvalue weighted by molar-refractivity contribution is 5.86. The van der Waals surface area contributed by atoms with Crippen molar-refractivity contribution in [3.63, 3.8) is 0 Å². The molecule has 0 radical (unpaired) electrons. The average Bonchev–Trinajstić information content (AvgIpc) is 2.58. The average molecular weight is 398 g/mol. The number of fused-ring (bicyclic) bond motifs is 1. The Kier molecular flexibility index (Phi) is 7.06. The quantitative estimate of drug-likeness (QED) is 0.388. The van der Waals surface area contributed by atoms with Gasteiger partial charge in [0.05, 0.1) is 23.7 Å². The standard InChI is InChI=1S/C20H30O8/c1-2-3-4-5-6-7-8-20-10-12(17(23)24)11(16(21)22)9-13(20)14(18(25)26)15(20)19(27)28/h11-15H,2-10H2,1H3,(H,21,22)(H,23,24)(H,25,26)(H,27,28). The molecule has 0 aromatic heterocycles. The summed E-state index contributed by atoms with van der Waals surface area (Å²) in [7, 11) is 0. The van der Waals surface area contributed by atoms with Crippen LogP contribution in [0.2, 0.25) is 0 Å². The van der Waals surface area contributed by atoms with Gasteiger partial charge in [-0.15, -0.1) is 0 Å². The lowest BCUT2D eigenvalue weighted by atomic mass is 9.38. The van der Waals surface area contributed by atoms with Gasteiger partial charge in [0.2, 0.25) is 0 Å². The van der Waals surface area contributed by atoms with Crippen LogP contribution in [-0.2, 0) is 19.2 Å². The third-order valence-electron chi connectivity index (χ3n) is 6.93. The molecule has 2 saturated carbocycles. The fourth-order valence-corrected chi connectivity index (χ4v) is 5.63. The number of rotatable bonds is 11. The van der Waals surface area contributed by atoms with Crippen molar-refractivity contribution in [3.8, 4) is 0 Å². The molecule has 0 spiro atoms. The molecule has 0 bridgehead atoms. The van der Waals surface area contributed by atoms with Crippen LogP contribution < -0.4 is 0 Å². The molecule has 8 nitrogen and oxygen atoms in total. The van der Waals surface area contributed by atoms with Crippen LogP contribution in [0.4, 0.5) is 0 Å². The van der Waals surface area contributed by atoms with E-state index >= 15 is 0 Å². The maximum Gasteiger partial charge on any atom is 0.307 e. The Morgan fingerprint density at radius 1 is 0.786 bits per heavy atom. The van der Waals surface area contributed by atoms with Crippen molar-refractivity contribution in [1.29, 1.82) is 0 Å². The molecule has 6 atom stereocenters. The first kappa shape index (κ1) is 22.2. The van der Waals surface area contributed by atoms with Gasteiger partial charge in [0.25, 0.3) is 0 Å². The molecule has 2 fully saturated rings. The topological polar surface area (TPSA) is 149 Å². The summed E-state index contributed by atoms with van der Waals surface area (Å²) < 4.78 is 0. The van der Waals surface area contributed by atoms with Crippen molar-refractivity contribution in [2.45, 2.75) is 64.7 Å². The van der Waals surface area contributed by atoms with Gasteiger partial charge in [-0.1, -0.05) is 45.4 Å². The Labute approximate surface area is 163 Å². The zero-order valence-electron chi connectivity index (χ0n) is 16.2. The maximum absolute atomic E-state index is 11.9. The summed E-state index contributed by atoms with van der Waals surface area (Å²) in [5.74, 6) is -10.3. The van der Waals surface area contributed by atoms with Crippen LogP contribution in [0.15, 0.2) is 0 Å². The molecule has 8 heteroatoms. The van der Waals surface area contributed by atoms with Crippen LogP contribution in [0.25, 0.3) is 0 Å². The minimum absolute atomic E-state index is 0.0837. The summed E-state index contributed by atoms with van der Waals surface area (Å²) in [6.45, 7) is 2.11. The predicted octanol–water partition coefficient (Wildman–Crippen LogP) is 2.95. The van der Waals surface area contributed by atoms with Crippen molar-refractivity contribution in [3.05, 3.63) is 0 Å². The number of carboxylic acids is 4. The van der Waals surface area contributed by atoms with E-state index in [-0.39, 0.29) is 12.8 Å². The Morgan fingerprint density at radius 2 is 1.36 bits per heavy atom. The minimum atomic E-state index is -1.26. The molecule has 2 rings (SSSR count). The SMILES string of the molecule is CCCCCCCCC12CC(C(=O)O)C(C(=O)O)CC1C(C(=O)O)C2C(=O)O. The lowest BCUT2D eigenvalue weighted by Crippen LogP contribution is -2.66. The normalized spacial score (nSPS) is 34.1. The number of hydrogen-bond donors (Lipinski definition) is 4. The molecule has 2 aliphatic carbocycles. The van der Waals surface area contributed by atoms with Gasteiger partial charge in [0, 0.05) is 0 Å². The maximum atomic E-state index is 11.9. The van der Waals surface area contributed by atoms with E-state index in [0.29, 0.717) is 12.8 Å². The molecule has 0 heterocycles. The largest absolute Gasteiger partial charge is 0.481 e. The fourth-order valence-electron chi connectivity index (χ4n) is 5.63. The highest BCUT2D eigenvalue weighted by atomic mass is 16.4. The zero-order chi connectivity index (χ0) is 21.1. The molecule has 0 aromatic rings. The molecule has 0 aliphatic heterocycles. The van der Waals surface area contributed by atoms with Gasteiger partial charge in [-0.25, -0.2) is 0 Å². The molecular weight excluding hydrogens is 368 g/mol. The second-order valence-corrected chi connectivity index (χ2v) is 8.37. The third-order valence-corrected chi connectivity index (χ3v) is 6.93. The first-order valence-electron chi connectivity index (χ1n) is 10.1. The van der Waals surface area contributed by atoms with E-state index in [9.17, 15) is 39.6 Å². The van der Waals surface area contributed by atoms with Crippen LogP contribution in [0.1, 0.15) is 64.7 Å². The van der Waals surface area contributed by atoms with E-state index < -0.39 is 58.9 Å². The van der Waals surface area contributed by atoms with Gasteiger partial charge < -0.3 is 20.4 Å². The van der Waals surface area contributed by atoms with Crippen LogP contribution in [-0.4, -0.2) is 44.3 Å². The van der Waals surface area contributed by atoms with E-state index in [0.717, 1.165) is 32.1 Å². The van der Waals surface area contributed by atoms with Crippen molar-refractivity contribution < 1.29 is 39.6 Å². The number of carbonyl (C=O) groups is 4. The molecule has 6 unspecified atom stereocenters. The predicted molar refractivity (Wildman–Crippen MR) is 97.7 cm³/mol. The van der Waals surface area contributed by atoms with E-state index in [1.807, 2.05) is 0 Å². The highest BCUT2D eigenvalue weighted by Gasteiger charge is 2.70. The Balaban J connectivity index is 2.26. The van der Waals surface area contributed by atoms with Gasteiger partial charge >= 0.3 is 23.9 Å². The van der Waals surface area contributed by atoms with Gasteiger partial charge in [-0.2, -0.15) is 0 Å². The molecule has 0 saturated heterocycles. The van der Waals surface area contributed by atoms with E-state index in [2.05, 4.69) is 6.92 Å². The van der Waals surface area contributed by atoms with Crippen LogP contribution in [0.3, 0.4) is 0 Å². The lowest BCUT2D eigenvalue weighted by molar-refractivity contribution is -0.218. The molecule has 4 N–H and O–H groups in total. The first-order valence-corrected chi connectivity index (χ1v) is 10.1. The zero-order valence-corrected chi connectivity index (χ0v) is 16.2. The summed E-state index contributed by atoms with van der Waals surface area (Å²) in [4.78, 5) is 46.9. The number of hydrogen-bond acceptors (Lipinski definition) is 4. The summed E-state index contributed by atoms with van der Waals surface area (Å²) in [6.07, 6.45) is 6.11. The molecule has 28 heavy (non-hydrogen) atoms. The Morgan fingerprint density at radius 3 is 1.86 bits per heavy atom. The molecular formula is C20H30O8. The van der Waals surface area contributed by atoms with Gasteiger partial charge in [-0.3, -0.25) is 19.2 Å². The van der Waals surface area contributed by atoms with Crippen LogP contribution in [0.5, 0.6) is 0 Å². The number of carboxylic acid groups (broad SMARTS) is 4. The van der Waals surface area contributed by atoms with E-state index in [1.165, 1.54) is 0 Å². The summed E-state index contributed by atoms with van der Waals surface area (Å²) in [5, 5.41) is 38.2. The van der Waals surface area contributed by atoms with Crippen molar-refractivity contribution in [2.75, 3.05) is 0 Å². The Bertz CT molecular complexity index is 618. The van der Waals surface area contributed by atoms with Gasteiger partial charge in [0.15, 0.2) is 0 Å². The summed E-state index contributed by atoms with van der Waals surface area (Å²) in [6, 6.07) is 0. The number of aliphatic carboxylic acids is 4. The van der Waals surface area contributed by atoms with Gasteiger partial charge in [0.1, 0.15) is 0 Å². The lowest BCUT2D eigenvalue weighted by Gasteiger charge is -2.62. The van der Waals surface area contributed by atoms with Gasteiger partial charge in [-0.05, 0) is 30.6 Å². The molecule has 0 amide bonds. The fraction of sp³-hybridized carbons (Fsp3) is 0.800. The van der Waals surface area contributed by atoms with E-state index in [4.69, 9.17) is 0 Å². The monoisotopic (exact) mass is 398 g/mol. The molecule has 0 aromatic carbocycles. The van der Waals surface area contributed by atoms with Crippen LogP contribution >= 0.6 is 0 Å². The van der Waals surface area contributed by atoms with Crippen molar-refractivity contribution in [1.82, 2.24) is 0 Å². The highest BCUT2D eigenvalue weighted by Crippen LogP contribution is 2.67. The first-order chi connectivity index (χ1) is 13.2. The summed E-state index contributed by atoms with van der Waals surface area (Å²) in [5.41, 5.74) is -0.950. The number of unbranched alkanes of at least 4 members (excludes halogenated alkanes) is 5. The van der Waals surface area contributed by atoms with E-state index in [1.54, 1.807) is 0 Å². The van der Waals surface area contributed by atoms with Crippen molar-refractivity contribution in [2.24, 2.45) is 35.0 Å². The molecule has 2 aliphatic rings. The minimum Gasteiger partial charge on any atom is -0.481 e. The smallest absolute Gasteiger partial charge is 0.307 e. The third kappa shape index (κ3) is 4.00. The van der Waals surface area contributed by atoms with Crippen molar-refractivity contribution >= 4 is 23.9 Å². The second kappa shape index (κ2) is 8.92. The second-order valence-electron chi connectivity index (χ2n) is 8.37. The molecule has 158 valence electrons.